The Morgan fingerprint density at radius 1 is 1.04 bits per heavy atom. The summed E-state index contributed by atoms with van der Waals surface area (Å²) in [6.07, 6.45) is 1.89. The Bertz CT molecular complexity index is 487. The average molecular weight is 376 g/mol. The molecule has 0 fully saturated rings. The highest BCUT2D eigenvalue weighted by molar-refractivity contribution is 7.98. The molecule has 0 spiro atoms. The van der Waals surface area contributed by atoms with Gasteiger partial charge >= 0.3 is 5.97 Å². The third-order valence-electron chi connectivity index (χ3n) is 3.56. The number of rotatable bonds is 12. The Hall–Kier alpha value is -1.81. The minimum Gasteiger partial charge on any atom is -0.480 e. The zero-order valence-corrected chi connectivity index (χ0v) is 15.6. The number of thioether (sulfide) groups is 1. The number of carbonyl (C=O) groups excluding carboxylic acids is 3. The van der Waals surface area contributed by atoms with Crippen molar-refractivity contribution in [3.05, 3.63) is 0 Å². The second kappa shape index (κ2) is 11.7. The zero-order chi connectivity index (χ0) is 19.6. The van der Waals surface area contributed by atoms with Gasteiger partial charge in [0, 0.05) is 6.42 Å². The summed E-state index contributed by atoms with van der Waals surface area (Å²) < 4.78 is 0. The fourth-order valence-corrected chi connectivity index (χ4v) is 2.36. The molecule has 7 N–H and O–H groups in total. The molecule has 9 nitrogen and oxygen atoms in total. The molecule has 3 atom stereocenters. The van der Waals surface area contributed by atoms with Crippen molar-refractivity contribution < 1.29 is 24.3 Å². The number of primary amides is 1. The van der Waals surface area contributed by atoms with Crippen LogP contribution in [0.4, 0.5) is 0 Å². The first-order valence-corrected chi connectivity index (χ1v) is 9.35. The monoisotopic (exact) mass is 376 g/mol. The summed E-state index contributed by atoms with van der Waals surface area (Å²) in [6, 6.07) is -2.93. The molecule has 0 aliphatic heterocycles. The second-order valence-corrected chi connectivity index (χ2v) is 7.00. The molecule has 144 valence electrons. The highest BCUT2D eigenvalue weighted by atomic mass is 32.2. The predicted molar refractivity (Wildman–Crippen MR) is 95.7 cm³/mol. The second-order valence-electron chi connectivity index (χ2n) is 6.02. The number of carboxylic acids is 1. The van der Waals surface area contributed by atoms with Gasteiger partial charge in [-0.3, -0.25) is 14.4 Å². The molecule has 0 aliphatic rings. The standard InChI is InChI=1S/C15H28N4O5S/c1-8(2)12(17)14(22)18-9(6-7-25-3)13(21)19-10(15(23)24)4-5-11(16)20/h8-10,12H,4-7,17H2,1-3H3,(H2,16,20)(H,18,22)(H,19,21)(H,23,24). The van der Waals surface area contributed by atoms with Gasteiger partial charge in [-0.2, -0.15) is 11.8 Å². The largest absolute Gasteiger partial charge is 0.480 e. The third kappa shape index (κ3) is 9.30. The Balaban J connectivity index is 4.98. The molecule has 0 aromatic rings. The number of nitrogens with one attached hydrogen (secondary N) is 2. The minimum atomic E-state index is -1.27. The summed E-state index contributed by atoms with van der Waals surface area (Å²) in [7, 11) is 0. The first-order valence-electron chi connectivity index (χ1n) is 7.96. The maximum atomic E-state index is 12.4. The van der Waals surface area contributed by atoms with Crippen molar-refractivity contribution >= 4 is 35.5 Å². The highest BCUT2D eigenvalue weighted by Gasteiger charge is 2.28. The molecule has 0 rings (SSSR count). The number of carbonyl (C=O) groups is 4. The average Bonchev–Trinajstić information content (AvgIpc) is 2.53. The quantitative estimate of drug-likeness (QED) is 0.293. The first kappa shape index (κ1) is 23.2. The van der Waals surface area contributed by atoms with Gasteiger partial charge in [0.1, 0.15) is 12.1 Å². The van der Waals surface area contributed by atoms with E-state index in [9.17, 15) is 19.2 Å². The van der Waals surface area contributed by atoms with E-state index in [1.165, 1.54) is 11.8 Å². The van der Waals surface area contributed by atoms with Crippen LogP contribution in [-0.4, -0.2) is 58.9 Å². The molecule has 10 heteroatoms. The van der Waals surface area contributed by atoms with Crippen LogP contribution in [0.3, 0.4) is 0 Å². The van der Waals surface area contributed by atoms with Crippen LogP contribution >= 0.6 is 11.8 Å². The molecule has 0 aliphatic carbocycles. The van der Waals surface area contributed by atoms with Gasteiger partial charge in [-0.15, -0.1) is 0 Å². The van der Waals surface area contributed by atoms with E-state index in [0.29, 0.717) is 12.2 Å². The van der Waals surface area contributed by atoms with Crippen molar-refractivity contribution in [1.29, 1.82) is 0 Å². The van der Waals surface area contributed by atoms with Gasteiger partial charge in [0.05, 0.1) is 6.04 Å². The van der Waals surface area contributed by atoms with E-state index >= 15 is 0 Å². The molecule has 0 aromatic heterocycles. The summed E-state index contributed by atoms with van der Waals surface area (Å²) in [4.78, 5) is 46.5. The zero-order valence-electron chi connectivity index (χ0n) is 14.8. The molecule has 0 bridgehead atoms. The van der Waals surface area contributed by atoms with Crippen molar-refractivity contribution in [2.45, 2.75) is 51.2 Å². The topological polar surface area (TPSA) is 165 Å². The summed E-state index contributed by atoms with van der Waals surface area (Å²) in [5.41, 5.74) is 10.8. The van der Waals surface area contributed by atoms with Crippen LogP contribution in [-0.2, 0) is 19.2 Å². The summed E-state index contributed by atoms with van der Waals surface area (Å²) >= 11 is 1.49. The van der Waals surface area contributed by atoms with E-state index in [1.807, 2.05) is 6.26 Å². The maximum absolute atomic E-state index is 12.4. The molecule has 25 heavy (non-hydrogen) atoms. The molecule has 0 aromatic carbocycles. The van der Waals surface area contributed by atoms with Gasteiger partial charge in [-0.05, 0) is 30.8 Å². The van der Waals surface area contributed by atoms with Gasteiger partial charge in [-0.1, -0.05) is 13.8 Å². The van der Waals surface area contributed by atoms with Crippen LogP contribution in [0.25, 0.3) is 0 Å². The number of nitrogens with two attached hydrogens (primary N) is 2. The molecule has 0 saturated carbocycles. The lowest BCUT2D eigenvalue weighted by molar-refractivity contribution is -0.142. The lowest BCUT2D eigenvalue weighted by atomic mass is 10.0. The van der Waals surface area contributed by atoms with E-state index in [0.717, 1.165) is 0 Å². The van der Waals surface area contributed by atoms with E-state index in [1.54, 1.807) is 13.8 Å². The maximum Gasteiger partial charge on any atom is 0.326 e. The molecule has 3 amide bonds. The molecule has 0 radical (unpaired) electrons. The van der Waals surface area contributed by atoms with Crippen molar-refractivity contribution in [3.8, 4) is 0 Å². The first-order chi connectivity index (χ1) is 11.6. The minimum absolute atomic E-state index is 0.105. The van der Waals surface area contributed by atoms with Gasteiger partial charge in [0.2, 0.25) is 17.7 Å². The summed E-state index contributed by atoms with van der Waals surface area (Å²) in [5.74, 6) is -2.55. The Labute approximate surface area is 151 Å². The number of hydrogen-bond acceptors (Lipinski definition) is 6. The van der Waals surface area contributed by atoms with E-state index in [2.05, 4.69) is 10.6 Å². The van der Waals surface area contributed by atoms with Gasteiger partial charge in [0.25, 0.3) is 0 Å². The number of amides is 3. The lowest BCUT2D eigenvalue weighted by Gasteiger charge is -2.23. The Morgan fingerprint density at radius 3 is 2.04 bits per heavy atom. The van der Waals surface area contributed by atoms with E-state index in [4.69, 9.17) is 16.6 Å². The fourth-order valence-electron chi connectivity index (χ4n) is 1.89. The van der Waals surface area contributed by atoms with E-state index < -0.39 is 41.8 Å². The number of aliphatic carboxylic acids is 1. The predicted octanol–water partition coefficient (Wildman–Crippen LogP) is -0.957. The van der Waals surface area contributed by atoms with Crippen LogP contribution < -0.4 is 22.1 Å². The van der Waals surface area contributed by atoms with Gasteiger partial charge in [0.15, 0.2) is 0 Å². The summed E-state index contributed by atoms with van der Waals surface area (Å²) in [6.45, 7) is 3.57. The number of carboxylic acid groups (broad SMARTS) is 1. The van der Waals surface area contributed by atoms with E-state index in [-0.39, 0.29) is 18.8 Å². The van der Waals surface area contributed by atoms with Gasteiger partial charge in [-0.25, -0.2) is 4.79 Å². The normalized spacial score (nSPS) is 14.4. The smallest absolute Gasteiger partial charge is 0.326 e. The lowest BCUT2D eigenvalue weighted by Crippen LogP contribution is -2.55. The highest BCUT2D eigenvalue weighted by Crippen LogP contribution is 2.06. The Kier molecular flexibility index (Phi) is 10.8. The molecule has 0 heterocycles. The van der Waals surface area contributed by atoms with Crippen LogP contribution in [0.1, 0.15) is 33.1 Å². The SMILES string of the molecule is CSCCC(NC(=O)C(N)C(C)C)C(=O)NC(CCC(N)=O)C(=O)O. The van der Waals surface area contributed by atoms with Crippen molar-refractivity contribution in [3.63, 3.8) is 0 Å². The molecule has 0 saturated heterocycles. The van der Waals surface area contributed by atoms with Gasteiger partial charge < -0.3 is 27.2 Å². The van der Waals surface area contributed by atoms with Crippen molar-refractivity contribution in [2.75, 3.05) is 12.0 Å². The van der Waals surface area contributed by atoms with Crippen molar-refractivity contribution in [2.24, 2.45) is 17.4 Å². The number of hydrogen-bond donors (Lipinski definition) is 5. The van der Waals surface area contributed by atoms with Crippen LogP contribution in [0.15, 0.2) is 0 Å². The fraction of sp³-hybridized carbons (Fsp3) is 0.733. The van der Waals surface area contributed by atoms with Crippen LogP contribution in [0.5, 0.6) is 0 Å². The molecule has 3 unspecified atom stereocenters. The Morgan fingerprint density at radius 2 is 1.60 bits per heavy atom. The van der Waals surface area contributed by atoms with Crippen LogP contribution in [0, 0.1) is 5.92 Å². The van der Waals surface area contributed by atoms with Crippen LogP contribution in [0.2, 0.25) is 0 Å². The summed E-state index contributed by atoms with van der Waals surface area (Å²) in [5, 5.41) is 14.1. The molecular weight excluding hydrogens is 348 g/mol. The third-order valence-corrected chi connectivity index (χ3v) is 4.20. The van der Waals surface area contributed by atoms with Crippen molar-refractivity contribution in [1.82, 2.24) is 10.6 Å². The molecular formula is C15H28N4O5S.